The Morgan fingerprint density at radius 3 is 2.95 bits per heavy atom. The molecule has 0 aliphatic rings. The summed E-state index contributed by atoms with van der Waals surface area (Å²) in [5.74, 6) is -0.561. The standard InChI is InChI=1S/C9H12N6O3S/c1-5(7-11-10-4-14(7)2)15-8(18)12-13-9(15)19-3-6(16)17/h4-5H,3H2,1-2H3,(H,12,18)(H,16,17). The van der Waals surface area contributed by atoms with Crippen molar-refractivity contribution in [2.24, 2.45) is 7.05 Å². The topological polar surface area (TPSA) is 119 Å². The number of carbonyl (C=O) groups is 1. The molecule has 1 atom stereocenters. The zero-order valence-corrected chi connectivity index (χ0v) is 11.1. The summed E-state index contributed by atoms with van der Waals surface area (Å²) in [5, 5.41) is 22.8. The first-order valence-corrected chi connectivity index (χ1v) is 6.34. The van der Waals surface area contributed by atoms with Crippen molar-refractivity contribution >= 4 is 17.7 Å². The van der Waals surface area contributed by atoms with E-state index in [0.717, 1.165) is 11.8 Å². The van der Waals surface area contributed by atoms with Crippen LogP contribution in [-0.4, -0.2) is 46.4 Å². The zero-order valence-electron chi connectivity index (χ0n) is 10.3. The quantitative estimate of drug-likeness (QED) is 0.709. The number of aliphatic carboxylic acids is 1. The molecule has 0 amide bonds. The SMILES string of the molecule is CC(c1nncn1C)n1c(SCC(=O)O)n[nH]c1=O. The van der Waals surface area contributed by atoms with Gasteiger partial charge < -0.3 is 9.67 Å². The van der Waals surface area contributed by atoms with Crippen LogP contribution < -0.4 is 5.69 Å². The third-order valence-corrected chi connectivity index (χ3v) is 3.44. The average molecular weight is 284 g/mol. The normalized spacial score (nSPS) is 12.5. The first kappa shape index (κ1) is 13.3. The molecule has 0 aliphatic heterocycles. The maximum absolute atomic E-state index is 11.8. The number of H-pyrrole nitrogens is 1. The minimum Gasteiger partial charge on any atom is -0.481 e. The molecule has 2 N–H and O–H groups in total. The highest BCUT2D eigenvalue weighted by atomic mass is 32.2. The van der Waals surface area contributed by atoms with Gasteiger partial charge in [0.15, 0.2) is 11.0 Å². The predicted molar refractivity (Wildman–Crippen MR) is 66.0 cm³/mol. The van der Waals surface area contributed by atoms with Gasteiger partial charge in [-0.2, -0.15) is 0 Å². The van der Waals surface area contributed by atoms with Crippen molar-refractivity contribution in [3.8, 4) is 0 Å². The van der Waals surface area contributed by atoms with Crippen LogP contribution in [0.5, 0.6) is 0 Å². The van der Waals surface area contributed by atoms with Crippen LogP contribution in [0.2, 0.25) is 0 Å². The molecule has 0 bridgehead atoms. The van der Waals surface area contributed by atoms with Crippen LogP contribution in [0.3, 0.4) is 0 Å². The summed E-state index contributed by atoms with van der Waals surface area (Å²) >= 11 is 0.971. The summed E-state index contributed by atoms with van der Waals surface area (Å²) in [6.45, 7) is 1.77. The van der Waals surface area contributed by atoms with Gasteiger partial charge in [0, 0.05) is 7.05 Å². The highest BCUT2D eigenvalue weighted by molar-refractivity contribution is 7.99. The number of hydrogen-bond acceptors (Lipinski definition) is 6. The number of thioether (sulfide) groups is 1. The lowest BCUT2D eigenvalue weighted by atomic mass is 10.3. The number of hydrogen-bond donors (Lipinski definition) is 2. The van der Waals surface area contributed by atoms with E-state index in [-0.39, 0.29) is 5.75 Å². The molecule has 2 aromatic rings. The van der Waals surface area contributed by atoms with E-state index in [1.807, 2.05) is 0 Å². The summed E-state index contributed by atoms with van der Waals surface area (Å²) in [5.41, 5.74) is -0.414. The largest absolute Gasteiger partial charge is 0.481 e. The fourth-order valence-electron chi connectivity index (χ4n) is 1.65. The Morgan fingerprint density at radius 1 is 1.63 bits per heavy atom. The summed E-state index contributed by atoms with van der Waals surface area (Å²) < 4.78 is 3.05. The molecular weight excluding hydrogens is 272 g/mol. The minimum atomic E-state index is -0.974. The third kappa shape index (κ3) is 2.67. The number of nitrogens with one attached hydrogen (secondary N) is 1. The van der Waals surface area contributed by atoms with Crippen molar-refractivity contribution in [1.82, 2.24) is 29.5 Å². The average Bonchev–Trinajstić information content (AvgIpc) is 2.92. The Hall–Kier alpha value is -2.10. The van der Waals surface area contributed by atoms with Gasteiger partial charge in [0.05, 0.1) is 11.8 Å². The lowest BCUT2D eigenvalue weighted by Gasteiger charge is -2.12. The second kappa shape index (κ2) is 5.26. The Kier molecular flexibility index (Phi) is 3.69. The van der Waals surface area contributed by atoms with Crippen LogP contribution in [-0.2, 0) is 11.8 Å². The molecule has 2 heterocycles. The molecule has 0 spiro atoms. The van der Waals surface area contributed by atoms with Crippen LogP contribution in [0.25, 0.3) is 0 Å². The Labute approximate surface area is 111 Å². The van der Waals surface area contributed by atoms with E-state index in [1.165, 1.54) is 10.9 Å². The number of aryl methyl sites for hydroxylation is 1. The van der Waals surface area contributed by atoms with Crippen LogP contribution in [0, 0.1) is 0 Å². The Balaban J connectivity index is 2.33. The van der Waals surface area contributed by atoms with Gasteiger partial charge in [-0.15, -0.1) is 15.3 Å². The number of rotatable bonds is 5. The molecule has 19 heavy (non-hydrogen) atoms. The van der Waals surface area contributed by atoms with E-state index in [1.54, 1.807) is 18.5 Å². The monoisotopic (exact) mass is 284 g/mol. The van der Waals surface area contributed by atoms with E-state index < -0.39 is 17.7 Å². The summed E-state index contributed by atoms with van der Waals surface area (Å²) in [6, 6.07) is -0.393. The summed E-state index contributed by atoms with van der Waals surface area (Å²) in [4.78, 5) is 22.3. The van der Waals surface area contributed by atoms with E-state index in [9.17, 15) is 9.59 Å². The molecule has 9 nitrogen and oxygen atoms in total. The Bertz CT molecular complexity index is 644. The van der Waals surface area contributed by atoms with Gasteiger partial charge >= 0.3 is 11.7 Å². The fourth-order valence-corrected chi connectivity index (χ4v) is 2.39. The molecule has 0 saturated heterocycles. The molecule has 102 valence electrons. The zero-order chi connectivity index (χ0) is 14.0. The molecule has 0 aromatic carbocycles. The third-order valence-electron chi connectivity index (χ3n) is 2.50. The van der Waals surface area contributed by atoms with Crippen LogP contribution in [0.15, 0.2) is 16.3 Å². The van der Waals surface area contributed by atoms with Crippen LogP contribution in [0.1, 0.15) is 18.8 Å². The van der Waals surface area contributed by atoms with Crippen molar-refractivity contribution in [2.75, 3.05) is 5.75 Å². The first-order chi connectivity index (χ1) is 9.00. The highest BCUT2D eigenvalue weighted by Crippen LogP contribution is 2.20. The van der Waals surface area contributed by atoms with Gasteiger partial charge in [-0.1, -0.05) is 11.8 Å². The van der Waals surface area contributed by atoms with Crippen LogP contribution in [0.4, 0.5) is 0 Å². The Morgan fingerprint density at radius 2 is 2.37 bits per heavy atom. The number of aromatic nitrogens is 6. The van der Waals surface area contributed by atoms with Crippen molar-refractivity contribution in [3.63, 3.8) is 0 Å². The van der Waals surface area contributed by atoms with Gasteiger partial charge in [-0.3, -0.25) is 9.36 Å². The van der Waals surface area contributed by atoms with Gasteiger partial charge in [0.1, 0.15) is 6.33 Å². The molecule has 2 rings (SSSR count). The smallest absolute Gasteiger partial charge is 0.344 e. The molecule has 2 aromatic heterocycles. The molecule has 10 heteroatoms. The molecule has 0 aliphatic carbocycles. The van der Waals surface area contributed by atoms with E-state index in [0.29, 0.717) is 11.0 Å². The maximum Gasteiger partial charge on any atom is 0.344 e. The second-order valence-electron chi connectivity index (χ2n) is 3.84. The van der Waals surface area contributed by atoms with Gasteiger partial charge in [0.25, 0.3) is 0 Å². The van der Waals surface area contributed by atoms with Crippen molar-refractivity contribution in [1.29, 1.82) is 0 Å². The van der Waals surface area contributed by atoms with Crippen molar-refractivity contribution in [2.45, 2.75) is 18.1 Å². The highest BCUT2D eigenvalue weighted by Gasteiger charge is 2.20. The molecule has 0 radical (unpaired) electrons. The van der Waals surface area contributed by atoms with Gasteiger partial charge in [-0.05, 0) is 6.92 Å². The number of aromatic amines is 1. The number of nitrogens with zero attached hydrogens (tertiary/aromatic N) is 5. The van der Waals surface area contributed by atoms with E-state index in [2.05, 4.69) is 20.4 Å². The van der Waals surface area contributed by atoms with Gasteiger partial charge in [0.2, 0.25) is 0 Å². The van der Waals surface area contributed by atoms with E-state index >= 15 is 0 Å². The molecule has 0 fully saturated rings. The second-order valence-corrected chi connectivity index (χ2v) is 4.78. The van der Waals surface area contributed by atoms with Crippen LogP contribution >= 0.6 is 11.8 Å². The number of carboxylic acid groups (broad SMARTS) is 1. The summed E-state index contributed by atoms with van der Waals surface area (Å²) in [6.07, 6.45) is 1.53. The predicted octanol–water partition coefficient (Wildman–Crippen LogP) is -0.514. The molecular formula is C9H12N6O3S. The molecule has 1 unspecified atom stereocenters. The maximum atomic E-state index is 11.8. The first-order valence-electron chi connectivity index (χ1n) is 5.36. The minimum absolute atomic E-state index is 0.171. The van der Waals surface area contributed by atoms with E-state index in [4.69, 9.17) is 5.11 Å². The fraction of sp³-hybridized carbons (Fsp3) is 0.444. The lowest BCUT2D eigenvalue weighted by molar-refractivity contribution is -0.133. The van der Waals surface area contributed by atoms with Crippen molar-refractivity contribution in [3.05, 3.63) is 22.6 Å². The lowest BCUT2D eigenvalue weighted by Crippen LogP contribution is -2.24. The van der Waals surface area contributed by atoms with Gasteiger partial charge in [-0.25, -0.2) is 9.89 Å². The number of carboxylic acids is 1. The summed E-state index contributed by atoms with van der Waals surface area (Å²) in [7, 11) is 1.76. The van der Waals surface area contributed by atoms with Crippen molar-refractivity contribution < 1.29 is 9.90 Å². The molecule has 0 saturated carbocycles.